The van der Waals surface area contributed by atoms with Crippen molar-refractivity contribution >= 4 is 17.4 Å². The fourth-order valence-electron chi connectivity index (χ4n) is 1.58. The van der Waals surface area contributed by atoms with Gasteiger partial charge in [0.25, 0.3) is 0 Å². The number of hydrogen-bond acceptors (Lipinski definition) is 3. The maximum Gasteiger partial charge on any atom is 0.142 e. The van der Waals surface area contributed by atoms with Crippen molar-refractivity contribution in [1.82, 2.24) is 0 Å². The van der Waals surface area contributed by atoms with Crippen LogP contribution in [0.1, 0.15) is 37.3 Å². The van der Waals surface area contributed by atoms with Crippen LogP contribution in [-0.2, 0) is 0 Å². The fourth-order valence-corrected chi connectivity index (χ4v) is 2.02. The third-order valence-electron chi connectivity index (χ3n) is 2.66. The van der Waals surface area contributed by atoms with E-state index in [1.807, 2.05) is 19.1 Å². The minimum absolute atomic E-state index is 0.158. The average Bonchev–Trinajstić information content (AvgIpc) is 2.31. The molecule has 0 amide bonds. The van der Waals surface area contributed by atoms with Crippen molar-refractivity contribution in [3.8, 4) is 5.75 Å². The Morgan fingerprint density at radius 2 is 2.17 bits per heavy atom. The van der Waals surface area contributed by atoms with Gasteiger partial charge in [0.1, 0.15) is 11.6 Å². The summed E-state index contributed by atoms with van der Waals surface area (Å²) in [5, 5.41) is 12.1. The SMILES string of the molecule is Cc1cc(Cl)c(C(C)C)cc1OCC/C(N)=N/O. The van der Waals surface area contributed by atoms with Crippen molar-refractivity contribution in [2.24, 2.45) is 10.9 Å². The van der Waals surface area contributed by atoms with Crippen molar-refractivity contribution in [2.75, 3.05) is 6.61 Å². The lowest BCUT2D eigenvalue weighted by Crippen LogP contribution is -2.15. The molecule has 1 aromatic carbocycles. The zero-order valence-electron chi connectivity index (χ0n) is 10.9. The largest absolute Gasteiger partial charge is 0.493 e. The summed E-state index contributed by atoms with van der Waals surface area (Å²) < 4.78 is 5.62. The number of hydrogen-bond donors (Lipinski definition) is 2. The zero-order valence-corrected chi connectivity index (χ0v) is 11.7. The number of nitrogens with two attached hydrogens (primary N) is 1. The van der Waals surface area contributed by atoms with Gasteiger partial charge in [-0.3, -0.25) is 0 Å². The monoisotopic (exact) mass is 270 g/mol. The van der Waals surface area contributed by atoms with Crippen molar-refractivity contribution in [3.05, 3.63) is 28.3 Å². The lowest BCUT2D eigenvalue weighted by Gasteiger charge is -2.14. The number of oxime groups is 1. The van der Waals surface area contributed by atoms with Gasteiger partial charge < -0.3 is 15.7 Å². The van der Waals surface area contributed by atoms with Crippen LogP contribution >= 0.6 is 11.6 Å². The quantitative estimate of drug-likeness (QED) is 0.373. The Bertz CT molecular complexity index is 445. The van der Waals surface area contributed by atoms with E-state index in [4.69, 9.17) is 27.3 Å². The molecule has 18 heavy (non-hydrogen) atoms. The maximum atomic E-state index is 8.43. The highest BCUT2D eigenvalue weighted by Gasteiger charge is 2.10. The van der Waals surface area contributed by atoms with Crippen LogP contribution in [0.25, 0.3) is 0 Å². The number of benzene rings is 1. The minimum Gasteiger partial charge on any atom is -0.493 e. The molecule has 0 heterocycles. The molecule has 0 saturated carbocycles. The van der Waals surface area contributed by atoms with Gasteiger partial charge in [-0.05, 0) is 36.1 Å². The van der Waals surface area contributed by atoms with Gasteiger partial charge in [-0.15, -0.1) is 0 Å². The number of halogens is 1. The van der Waals surface area contributed by atoms with Gasteiger partial charge in [0.15, 0.2) is 0 Å². The van der Waals surface area contributed by atoms with Crippen LogP contribution in [0.5, 0.6) is 5.75 Å². The van der Waals surface area contributed by atoms with Gasteiger partial charge in [0, 0.05) is 11.4 Å². The molecule has 100 valence electrons. The van der Waals surface area contributed by atoms with Crippen LogP contribution in [0.3, 0.4) is 0 Å². The van der Waals surface area contributed by atoms with E-state index in [0.717, 1.165) is 21.9 Å². The third-order valence-corrected chi connectivity index (χ3v) is 2.99. The lowest BCUT2D eigenvalue weighted by molar-refractivity contribution is 0.305. The van der Waals surface area contributed by atoms with E-state index in [1.54, 1.807) is 0 Å². The second-order valence-corrected chi connectivity index (χ2v) is 4.89. The van der Waals surface area contributed by atoms with E-state index >= 15 is 0 Å². The van der Waals surface area contributed by atoms with E-state index in [1.165, 1.54) is 0 Å². The average molecular weight is 271 g/mol. The minimum atomic E-state index is 0.158. The second-order valence-electron chi connectivity index (χ2n) is 4.48. The number of nitrogens with zero attached hydrogens (tertiary/aromatic N) is 1. The first-order valence-corrected chi connectivity index (χ1v) is 6.22. The molecule has 0 saturated heterocycles. The smallest absolute Gasteiger partial charge is 0.142 e. The summed E-state index contributed by atoms with van der Waals surface area (Å²) in [5.74, 6) is 1.28. The van der Waals surface area contributed by atoms with Crippen LogP contribution < -0.4 is 10.5 Å². The van der Waals surface area contributed by atoms with Gasteiger partial charge in [-0.1, -0.05) is 30.6 Å². The summed E-state index contributed by atoms with van der Waals surface area (Å²) in [7, 11) is 0. The van der Waals surface area contributed by atoms with E-state index in [2.05, 4.69) is 19.0 Å². The number of amidine groups is 1. The van der Waals surface area contributed by atoms with E-state index < -0.39 is 0 Å². The summed E-state index contributed by atoms with van der Waals surface area (Å²) >= 11 is 6.18. The summed E-state index contributed by atoms with van der Waals surface area (Å²) in [5.41, 5.74) is 7.41. The van der Waals surface area contributed by atoms with Gasteiger partial charge in [0.2, 0.25) is 0 Å². The summed E-state index contributed by atoms with van der Waals surface area (Å²) in [6.45, 7) is 6.47. The molecule has 0 bridgehead atoms. The molecule has 5 heteroatoms. The number of ether oxygens (including phenoxy) is 1. The normalized spacial score (nSPS) is 11.9. The van der Waals surface area contributed by atoms with Gasteiger partial charge in [-0.2, -0.15) is 0 Å². The molecule has 1 aromatic rings. The molecule has 1 rings (SSSR count). The van der Waals surface area contributed by atoms with Crippen LogP contribution in [-0.4, -0.2) is 17.6 Å². The molecule has 0 spiro atoms. The molecule has 0 aliphatic rings. The number of rotatable bonds is 5. The highest BCUT2D eigenvalue weighted by molar-refractivity contribution is 6.31. The van der Waals surface area contributed by atoms with Crippen molar-refractivity contribution in [2.45, 2.75) is 33.1 Å². The molecular weight excluding hydrogens is 252 g/mol. The molecule has 3 N–H and O–H groups in total. The Hall–Kier alpha value is -1.42. The maximum absolute atomic E-state index is 8.43. The topological polar surface area (TPSA) is 67.8 Å². The highest BCUT2D eigenvalue weighted by Crippen LogP contribution is 2.31. The first-order chi connectivity index (χ1) is 8.45. The molecule has 0 aromatic heterocycles. The molecule has 0 atom stereocenters. The first kappa shape index (κ1) is 14.6. The molecule has 0 fully saturated rings. The molecule has 4 nitrogen and oxygen atoms in total. The van der Waals surface area contributed by atoms with Crippen LogP contribution in [0.2, 0.25) is 5.02 Å². The Morgan fingerprint density at radius 1 is 1.50 bits per heavy atom. The van der Waals surface area contributed by atoms with Crippen LogP contribution in [0, 0.1) is 6.92 Å². The first-order valence-electron chi connectivity index (χ1n) is 5.85. The summed E-state index contributed by atoms with van der Waals surface area (Å²) in [6.07, 6.45) is 0.385. The fraction of sp³-hybridized carbons (Fsp3) is 0.462. The Kier molecular flexibility index (Phi) is 5.28. The summed E-state index contributed by atoms with van der Waals surface area (Å²) in [6, 6.07) is 3.85. The van der Waals surface area contributed by atoms with E-state index in [9.17, 15) is 0 Å². The van der Waals surface area contributed by atoms with Crippen molar-refractivity contribution < 1.29 is 9.94 Å². The van der Waals surface area contributed by atoms with E-state index in [-0.39, 0.29) is 5.84 Å². The molecular formula is C13H19ClN2O2. The molecule has 0 radical (unpaired) electrons. The van der Waals surface area contributed by atoms with Crippen molar-refractivity contribution in [3.63, 3.8) is 0 Å². The third kappa shape index (κ3) is 3.81. The lowest BCUT2D eigenvalue weighted by atomic mass is 10.0. The predicted octanol–water partition coefficient (Wildman–Crippen LogP) is 3.29. The Balaban J connectivity index is 2.79. The zero-order chi connectivity index (χ0) is 13.7. The second kappa shape index (κ2) is 6.50. The van der Waals surface area contributed by atoms with Gasteiger partial charge in [0.05, 0.1) is 6.61 Å². The predicted molar refractivity (Wildman–Crippen MR) is 73.8 cm³/mol. The highest BCUT2D eigenvalue weighted by atomic mass is 35.5. The molecule has 0 aliphatic carbocycles. The molecule has 0 aliphatic heterocycles. The van der Waals surface area contributed by atoms with Gasteiger partial charge in [-0.25, -0.2) is 0 Å². The van der Waals surface area contributed by atoms with Gasteiger partial charge >= 0.3 is 0 Å². The van der Waals surface area contributed by atoms with E-state index in [0.29, 0.717) is 18.9 Å². The Labute approximate surface area is 112 Å². The van der Waals surface area contributed by atoms with Crippen molar-refractivity contribution in [1.29, 1.82) is 0 Å². The van der Waals surface area contributed by atoms with Crippen LogP contribution in [0.4, 0.5) is 0 Å². The standard InChI is InChI=1S/C13H19ClN2O2/c1-8(2)10-7-12(9(3)6-11(10)14)18-5-4-13(15)16-17/h6-8,17H,4-5H2,1-3H3,(H2,15,16). The molecule has 0 unspecified atom stereocenters. The summed E-state index contributed by atoms with van der Waals surface area (Å²) in [4.78, 5) is 0. The van der Waals surface area contributed by atoms with Crippen LogP contribution in [0.15, 0.2) is 17.3 Å². The number of aryl methyl sites for hydroxylation is 1. The Morgan fingerprint density at radius 3 is 2.72 bits per heavy atom.